The topological polar surface area (TPSA) is 66.3 Å². The van der Waals surface area contributed by atoms with Gasteiger partial charge in [0, 0.05) is 31.6 Å². The van der Waals surface area contributed by atoms with Crippen molar-refractivity contribution < 1.29 is 9.90 Å². The summed E-state index contributed by atoms with van der Waals surface area (Å²) in [5.74, 6) is 2.35. The molecule has 20 heavy (non-hydrogen) atoms. The SMILES string of the molecule is O=C(O)CCC1CCCN(c2ccnc(C3CC3)n2)C1. The smallest absolute Gasteiger partial charge is 0.303 e. The van der Waals surface area contributed by atoms with Crippen molar-refractivity contribution in [3.05, 3.63) is 18.1 Å². The molecule has 2 fully saturated rings. The van der Waals surface area contributed by atoms with Crippen LogP contribution in [0.25, 0.3) is 0 Å². The average molecular weight is 275 g/mol. The molecular weight excluding hydrogens is 254 g/mol. The van der Waals surface area contributed by atoms with Crippen LogP contribution in [0.4, 0.5) is 5.82 Å². The average Bonchev–Trinajstić information content (AvgIpc) is 3.30. The maximum absolute atomic E-state index is 10.7. The summed E-state index contributed by atoms with van der Waals surface area (Å²) in [5.41, 5.74) is 0. The first-order valence-electron chi connectivity index (χ1n) is 7.52. The molecule has 1 aromatic heterocycles. The van der Waals surface area contributed by atoms with Gasteiger partial charge in [-0.05, 0) is 44.1 Å². The Morgan fingerprint density at radius 1 is 1.40 bits per heavy atom. The van der Waals surface area contributed by atoms with Gasteiger partial charge in [0.05, 0.1) is 0 Å². The van der Waals surface area contributed by atoms with Crippen LogP contribution in [0.15, 0.2) is 12.3 Å². The quantitative estimate of drug-likeness (QED) is 0.894. The maximum atomic E-state index is 10.7. The van der Waals surface area contributed by atoms with Gasteiger partial charge in [0.25, 0.3) is 0 Å². The molecule has 1 saturated carbocycles. The Morgan fingerprint density at radius 3 is 3.00 bits per heavy atom. The molecule has 0 amide bonds. The van der Waals surface area contributed by atoms with Crippen molar-refractivity contribution in [1.29, 1.82) is 0 Å². The van der Waals surface area contributed by atoms with E-state index in [2.05, 4.69) is 14.9 Å². The summed E-state index contributed by atoms with van der Waals surface area (Å²) in [6.45, 7) is 1.94. The minimum Gasteiger partial charge on any atom is -0.481 e. The highest BCUT2D eigenvalue weighted by Crippen LogP contribution is 2.38. The highest BCUT2D eigenvalue weighted by atomic mass is 16.4. The monoisotopic (exact) mass is 275 g/mol. The van der Waals surface area contributed by atoms with Crippen LogP contribution in [0.1, 0.15) is 50.3 Å². The number of carboxylic acids is 1. The van der Waals surface area contributed by atoms with E-state index in [4.69, 9.17) is 5.11 Å². The van der Waals surface area contributed by atoms with Gasteiger partial charge in [-0.2, -0.15) is 0 Å². The highest BCUT2D eigenvalue weighted by Gasteiger charge is 2.28. The van der Waals surface area contributed by atoms with E-state index in [0.717, 1.165) is 44.0 Å². The first-order valence-corrected chi connectivity index (χ1v) is 7.52. The van der Waals surface area contributed by atoms with Crippen molar-refractivity contribution in [2.24, 2.45) is 5.92 Å². The van der Waals surface area contributed by atoms with Crippen LogP contribution in [-0.2, 0) is 4.79 Å². The number of aliphatic carboxylic acids is 1. The first kappa shape index (κ1) is 13.3. The number of carboxylic acid groups (broad SMARTS) is 1. The van der Waals surface area contributed by atoms with E-state index in [1.165, 1.54) is 12.8 Å². The molecule has 1 atom stereocenters. The Kier molecular flexibility index (Phi) is 3.85. The van der Waals surface area contributed by atoms with E-state index < -0.39 is 5.97 Å². The molecule has 5 heteroatoms. The van der Waals surface area contributed by atoms with Crippen molar-refractivity contribution in [3.63, 3.8) is 0 Å². The Balaban J connectivity index is 1.63. The van der Waals surface area contributed by atoms with Gasteiger partial charge < -0.3 is 10.0 Å². The van der Waals surface area contributed by atoms with Crippen LogP contribution >= 0.6 is 0 Å². The normalized spacial score (nSPS) is 22.8. The molecular formula is C15H21N3O2. The lowest BCUT2D eigenvalue weighted by Gasteiger charge is -2.33. The summed E-state index contributed by atoms with van der Waals surface area (Å²) in [5, 5.41) is 8.80. The van der Waals surface area contributed by atoms with Gasteiger partial charge in [0.1, 0.15) is 11.6 Å². The van der Waals surface area contributed by atoms with E-state index in [1.54, 1.807) is 0 Å². The Hall–Kier alpha value is -1.65. The van der Waals surface area contributed by atoms with Crippen molar-refractivity contribution >= 4 is 11.8 Å². The number of rotatable bonds is 5. The fraction of sp³-hybridized carbons (Fsp3) is 0.667. The summed E-state index contributed by atoms with van der Waals surface area (Å²) in [6.07, 6.45) is 7.58. The zero-order chi connectivity index (χ0) is 13.9. The van der Waals surface area contributed by atoms with Gasteiger partial charge in [0.15, 0.2) is 0 Å². The van der Waals surface area contributed by atoms with E-state index in [9.17, 15) is 4.79 Å². The van der Waals surface area contributed by atoms with Crippen molar-refractivity contribution in [3.8, 4) is 0 Å². The molecule has 2 aliphatic rings. The molecule has 3 rings (SSSR count). The summed E-state index contributed by atoms with van der Waals surface area (Å²) in [6, 6.07) is 1.98. The largest absolute Gasteiger partial charge is 0.481 e. The third kappa shape index (κ3) is 3.26. The second-order valence-electron chi connectivity index (χ2n) is 5.93. The lowest BCUT2D eigenvalue weighted by Crippen LogP contribution is -2.36. The van der Waals surface area contributed by atoms with Crippen LogP contribution in [-0.4, -0.2) is 34.1 Å². The fourth-order valence-corrected chi connectivity index (χ4v) is 2.91. The van der Waals surface area contributed by atoms with Gasteiger partial charge in [-0.25, -0.2) is 9.97 Å². The van der Waals surface area contributed by atoms with Crippen molar-refractivity contribution in [2.45, 2.75) is 44.4 Å². The zero-order valence-corrected chi connectivity index (χ0v) is 11.7. The summed E-state index contributed by atoms with van der Waals surface area (Å²) < 4.78 is 0. The van der Waals surface area contributed by atoms with Gasteiger partial charge in [-0.1, -0.05) is 0 Å². The molecule has 1 unspecified atom stereocenters. The molecule has 1 aromatic rings. The Bertz CT molecular complexity index is 488. The van der Waals surface area contributed by atoms with E-state index >= 15 is 0 Å². The zero-order valence-electron chi connectivity index (χ0n) is 11.7. The summed E-state index contributed by atoms with van der Waals surface area (Å²) >= 11 is 0. The number of piperidine rings is 1. The number of hydrogen-bond acceptors (Lipinski definition) is 4. The molecule has 1 N–H and O–H groups in total. The molecule has 0 spiro atoms. The minimum absolute atomic E-state index is 0.273. The molecule has 1 aliphatic carbocycles. The molecule has 108 valence electrons. The molecule has 1 aliphatic heterocycles. The maximum Gasteiger partial charge on any atom is 0.303 e. The molecule has 2 heterocycles. The lowest BCUT2D eigenvalue weighted by atomic mass is 9.93. The summed E-state index contributed by atoms with van der Waals surface area (Å²) in [4.78, 5) is 22.0. The lowest BCUT2D eigenvalue weighted by molar-refractivity contribution is -0.137. The standard InChI is InChI=1S/C15H21N3O2/c19-14(20)6-3-11-2-1-9-18(10-11)13-7-8-16-15(17-13)12-4-5-12/h7-8,11-12H,1-6,9-10H2,(H,19,20). The van der Waals surface area contributed by atoms with Crippen molar-refractivity contribution in [2.75, 3.05) is 18.0 Å². The Labute approximate surface area is 119 Å². The molecule has 0 bridgehead atoms. The number of nitrogens with zero attached hydrogens (tertiary/aromatic N) is 3. The molecule has 0 aromatic carbocycles. The van der Waals surface area contributed by atoms with E-state index in [-0.39, 0.29) is 6.42 Å². The third-order valence-electron chi connectivity index (χ3n) is 4.21. The van der Waals surface area contributed by atoms with Gasteiger partial charge in [-0.15, -0.1) is 0 Å². The Morgan fingerprint density at radius 2 is 2.25 bits per heavy atom. The first-order chi connectivity index (χ1) is 9.72. The van der Waals surface area contributed by atoms with Crippen LogP contribution in [0.5, 0.6) is 0 Å². The highest BCUT2D eigenvalue weighted by molar-refractivity contribution is 5.66. The number of hydrogen-bond donors (Lipinski definition) is 1. The third-order valence-corrected chi connectivity index (χ3v) is 4.21. The molecule has 1 saturated heterocycles. The predicted octanol–water partition coefficient (Wildman–Crippen LogP) is 2.44. The van der Waals surface area contributed by atoms with Crippen LogP contribution in [0, 0.1) is 5.92 Å². The second-order valence-corrected chi connectivity index (χ2v) is 5.93. The second kappa shape index (κ2) is 5.77. The van der Waals surface area contributed by atoms with Crippen LogP contribution in [0.2, 0.25) is 0 Å². The predicted molar refractivity (Wildman–Crippen MR) is 75.8 cm³/mol. The van der Waals surface area contributed by atoms with Gasteiger partial charge >= 0.3 is 5.97 Å². The van der Waals surface area contributed by atoms with Crippen LogP contribution < -0.4 is 4.90 Å². The van der Waals surface area contributed by atoms with Crippen LogP contribution in [0.3, 0.4) is 0 Å². The fourth-order valence-electron chi connectivity index (χ4n) is 2.91. The van der Waals surface area contributed by atoms with E-state index in [0.29, 0.717) is 11.8 Å². The van der Waals surface area contributed by atoms with Crippen molar-refractivity contribution in [1.82, 2.24) is 9.97 Å². The van der Waals surface area contributed by atoms with E-state index in [1.807, 2.05) is 12.3 Å². The van der Waals surface area contributed by atoms with Gasteiger partial charge in [-0.3, -0.25) is 4.79 Å². The number of aromatic nitrogens is 2. The minimum atomic E-state index is -0.694. The molecule has 5 nitrogen and oxygen atoms in total. The van der Waals surface area contributed by atoms with Gasteiger partial charge in [0.2, 0.25) is 0 Å². The molecule has 0 radical (unpaired) electrons. The number of carbonyl (C=O) groups is 1. The summed E-state index contributed by atoms with van der Waals surface area (Å²) in [7, 11) is 0. The number of anilines is 1.